The van der Waals surface area contributed by atoms with E-state index >= 15 is 0 Å². The molecule has 5 nitrogen and oxygen atoms in total. The Morgan fingerprint density at radius 1 is 1.12 bits per heavy atom. The zero-order chi connectivity index (χ0) is 18.5. The van der Waals surface area contributed by atoms with E-state index in [0.29, 0.717) is 23.4 Å². The van der Waals surface area contributed by atoms with Crippen LogP contribution in [0.3, 0.4) is 0 Å². The molecule has 26 heavy (non-hydrogen) atoms. The molecule has 2 aromatic rings. The minimum Gasteiger partial charge on any atom is -0.394 e. The zero-order valence-corrected chi connectivity index (χ0v) is 14.9. The van der Waals surface area contributed by atoms with Gasteiger partial charge in [-0.2, -0.15) is 0 Å². The third-order valence-electron chi connectivity index (χ3n) is 4.78. The molecule has 0 saturated carbocycles. The van der Waals surface area contributed by atoms with Crippen molar-refractivity contribution in [2.75, 3.05) is 18.5 Å². The molecule has 1 heterocycles. The number of anilines is 1. The van der Waals surface area contributed by atoms with Crippen LogP contribution in [0.25, 0.3) is 0 Å². The SMILES string of the molecule is Cc1ccc(C(=O)Nc2cccc(C(=O)N3CCCCC3CO)c2)cc1. The second kappa shape index (κ2) is 8.15. The number of carbonyl (C=O) groups excluding carboxylic acids is 2. The largest absolute Gasteiger partial charge is 0.394 e. The maximum atomic E-state index is 12.8. The maximum absolute atomic E-state index is 12.8. The number of aliphatic hydroxyl groups excluding tert-OH is 1. The fourth-order valence-electron chi connectivity index (χ4n) is 3.26. The van der Waals surface area contributed by atoms with Gasteiger partial charge in [-0.25, -0.2) is 0 Å². The number of nitrogens with one attached hydrogen (secondary N) is 1. The molecule has 5 heteroatoms. The van der Waals surface area contributed by atoms with Gasteiger partial charge in [-0.1, -0.05) is 23.8 Å². The van der Waals surface area contributed by atoms with Crippen LogP contribution in [0.4, 0.5) is 5.69 Å². The van der Waals surface area contributed by atoms with E-state index < -0.39 is 0 Å². The lowest BCUT2D eigenvalue weighted by atomic mass is 10.0. The lowest BCUT2D eigenvalue weighted by Gasteiger charge is -2.34. The van der Waals surface area contributed by atoms with E-state index in [2.05, 4.69) is 5.32 Å². The predicted octanol–water partition coefficient (Wildman–Crippen LogP) is 3.23. The first-order valence-electron chi connectivity index (χ1n) is 8.98. The van der Waals surface area contributed by atoms with Crippen LogP contribution in [0.2, 0.25) is 0 Å². The van der Waals surface area contributed by atoms with Crippen LogP contribution >= 0.6 is 0 Å². The summed E-state index contributed by atoms with van der Waals surface area (Å²) in [5.74, 6) is -0.309. The fraction of sp³-hybridized carbons (Fsp3) is 0.333. The number of rotatable bonds is 4. The van der Waals surface area contributed by atoms with Crippen molar-refractivity contribution in [3.63, 3.8) is 0 Å². The molecular weight excluding hydrogens is 328 g/mol. The predicted molar refractivity (Wildman–Crippen MR) is 101 cm³/mol. The number of carbonyl (C=O) groups is 2. The van der Waals surface area contributed by atoms with Gasteiger partial charge in [0.15, 0.2) is 0 Å². The van der Waals surface area contributed by atoms with Gasteiger partial charge in [0, 0.05) is 23.4 Å². The monoisotopic (exact) mass is 352 g/mol. The van der Waals surface area contributed by atoms with Crippen LogP contribution in [0.1, 0.15) is 45.5 Å². The third-order valence-corrected chi connectivity index (χ3v) is 4.78. The number of likely N-dealkylation sites (tertiary alicyclic amines) is 1. The van der Waals surface area contributed by atoms with E-state index in [0.717, 1.165) is 24.8 Å². The number of aliphatic hydroxyl groups is 1. The van der Waals surface area contributed by atoms with Crippen molar-refractivity contribution in [3.8, 4) is 0 Å². The zero-order valence-electron chi connectivity index (χ0n) is 14.9. The molecule has 0 radical (unpaired) electrons. The van der Waals surface area contributed by atoms with Gasteiger partial charge in [0.05, 0.1) is 12.6 Å². The number of aryl methyl sites for hydroxylation is 1. The van der Waals surface area contributed by atoms with Gasteiger partial charge in [0.2, 0.25) is 0 Å². The number of benzene rings is 2. The molecule has 0 bridgehead atoms. The Bertz CT molecular complexity index is 786. The second-order valence-electron chi connectivity index (χ2n) is 6.73. The molecule has 1 aliphatic rings. The Labute approximate surface area is 153 Å². The van der Waals surface area contributed by atoms with Gasteiger partial charge in [-0.15, -0.1) is 0 Å². The van der Waals surface area contributed by atoms with Crippen molar-refractivity contribution < 1.29 is 14.7 Å². The Morgan fingerprint density at radius 2 is 1.88 bits per heavy atom. The molecule has 136 valence electrons. The van der Waals surface area contributed by atoms with Crippen molar-refractivity contribution in [2.24, 2.45) is 0 Å². The average molecular weight is 352 g/mol. The Kier molecular flexibility index (Phi) is 5.68. The van der Waals surface area contributed by atoms with E-state index in [1.807, 2.05) is 19.1 Å². The number of hydrogen-bond acceptors (Lipinski definition) is 3. The van der Waals surface area contributed by atoms with Crippen molar-refractivity contribution in [3.05, 3.63) is 65.2 Å². The summed E-state index contributed by atoms with van der Waals surface area (Å²) in [5.41, 5.74) is 2.77. The average Bonchev–Trinajstić information content (AvgIpc) is 2.68. The molecule has 0 aromatic heterocycles. The summed E-state index contributed by atoms with van der Waals surface area (Å²) in [7, 11) is 0. The normalized spacial score (nSPS) is 17.0. The smallest absolute Gasteiger partial charge is 0.255 e. The Balaban J connectivity index is 1.74. The highest BCUT2D eigenvalue weighted by atomic mass is 16.3. The Morgan fingerprint density at radius 3 is 2.62 bits per heavy atom. The summed E-state index contributed by atoms with van der Waals surface area (Å²) in [5, 5.41) is 12.4. The van der Waals surface area contributed by atoms with Gasteiger partial charge < -0.3 is 15.3 Å². The van der Waals surface area contributed by atoms with E-state index in [4.69, 9.17) is 0 Å². The summed E-state index contributed by atoms with van der Waals surface area (Å²) in [6, 6.07) is 14.2. The van der Waals surface area contributed by atoms with Crippen LogP contribution in [0.5, 0.6) is 0 Å². The minimum atomic E-state index is -0.208. The summed E-state index contributed by atoms with van der Waals surface area (Å²) in [6.45, 7) is 2.61. The molecule has 3 rings (SSSR count). The van der Waals surface area contributed by atoms with E-state index in [9.17, 15) is 14.7 Å². The quantitative estimate of drug-likeness (QED) is 0.887. The standard InChI is InChI=1S/C21H24N2O3/c1-15-8-10-16(11-9-15)20(25)22-18-6-4-5-17(13-18)21(26)23-12-3-2-7-19(23)14-24/h4-6,8-11,13,19,24H,2-3,7,12,14H2,1H3,(H,22,25). The van der Waals surface area contributed by atoms with Crippen LogP contribution < -0.4 is 5.32 Å². The van der Waals surface area contributed by atoms with Gasteiger partial charge in [-0.3, -0.25) is 9.59 Å². The highest BCUT2D eigenvalue weighted by Crippen LogP contribution is 2.21. The molecule has 1 aliphatic heterocycles. The van der Waals surface area contributed by atoms with Crippen molar-refractivity contribution in [1.82, 2.24) is 4.90 Å². The molecule has 2 N–H and O–H groups in total. The van der Waals surface area contributed by atoms with E-state index in [-0.39, 0.29) is 24.5 Å². The fourth-order valence-corrected chi connectivity index (χ4v) is 3.26. The van der Waals surface area contributed by atoms with E-state index in [1.54, 1.807) is 41.3 Å². The molecule has 1 unspecified atom stereocenters. The summed E-state index contributed by atoms with van der Waals surface area (Å²) in [6.07, 6.45) is 2.81. The molecule has 0 spiro atoms. The highest BCUT2D eigenvalue weighted by molar-refractivity contribution is 6.05. The van der Waals surface area contributed by atoms with Crippen LogP contribution in [-0.2, 0) is 0 Å². The lowest BCUT2D eigenvalue weighted by Crippen LogP contribution is -2.45. The van der Waals surface area contributed by atoms with Gasteiger partial charge in [-0.05, 0) is 56.5 Å². The van der Waals surface area contributed by atoms with Crippen molar-refractivity contribution >= 4 is 17.5 Å². The van der Waals surface area contributed by atoms with Crippen LogP contribution in [0, 0.1) is 6.92 Å². The van der Waals surface area contributed by atoms with Crippen LogP contribution in [0.15, 0.2) is 48.5 Å². The summed E-state index contributed by atoms with van der Waals surface area (Å²) >= 11 is 0. The molecule has 1 fully saturated rings. The van der Waals surface area contributed by atoms with Crippen molar-refractivity contribution in [1.29, 1.82) is 0 Å². The number of hydrogen-bond donors (Lipinski definition) is 2. The number of amides is 2. The maximum Gasteiger partial charge on any atom is 0.255 e. The Hall–Kier alpha value is -2.66. The van der Waals surface area contributed by atoms with Gasteiger partial charge in [0.25, 0.3) is 11.8 Å². The topological polar surface area (TPSA) is 69.6 Å². The first-order valence-corrected chi connectivity index (χ1v) is 8.98. The first-order chi connectivity index (χ1) is 12.6. The molecule has 2 aromatic carbocycles. The molecule has 1 saturated heterocycles. The summed E-state index contributed by atoms with van der Waals surface area (Å²) < 4.78 is 0. The van der Waals surface area contributed by atoms with Gasteiger partial charge in [0.1, 0.15) is 0 Å². The molecule has 1 atom stereocenters. The summed E-state index contributed by atoms with van der Waals surface area (Å²) in [4.78, 5) is 26.9. The second-order valence-corrected chi connectivity index (χ2v) is 6.73. The lowest BCUT2D eigenvalue weighted by molar-refractivity contribution is 0.0503. The minimum absolute atomic E-state index is 0.0183. The van der Waals surface area contributed by atoms with Gasteiger partial charge >= 0.3 is 0 Å². The molecule has 0 aliphatic carbocycles. The van der Waals surface area contributed by atoms with Crippen LogP contribution in [-0.4, -0.2) is 41.0 Å². The first kappa shape index (κ1) is 18.1. The third kappa shape index (κ3) is 4.11. The number of piperidine rings is 1. The highest BCUT2D eigenvalue weighted by Gasteiger charge is 2.27. The van der Waals surface area contributed by atoms with Crippen molar-refractivity contribution in [2.45, 2.75) is 32.2 Å². The molecule has 2 amide bonds. The number of nitrogens with zero attached hydrogens (tertiary/aromatic N) is 1. The van der Waals surface area contributed by atoms with E-state index in [1.165, 1.54) is 0 Å². The molecular formula is C21H24N2O3.